The second kappa shape index (κ2) is 9.07. The Morgan fingerprint density at radius 1 is 1.06 bits per heavy atom. The van der Waals surface area contributed by atoms with Crippen molar-refractivity contribution in [3.63, 3.8) is 0 Å². The van der Waals surface area contributed by atoms with Gasteiger partial charge >= 0.3 is 6.03 Å². The highest BCUT2D eigenvalue weighted by Crippen LogP contribution is 2.29. The van der Waals surface area contributed by atoms with E-state index < -0.39 is 23.4 Å². The van der Waals surface area contributed by atoms with Crippen LogP contribution in [0.1, 0.15) is 23.6 Å². The van der Waals surface area contributed by atoms with Crippen LogP contribution in [0.2, 0.25) is 0 Å². The van der Waals surface area contributed by atoms with Crippen LogP contribution in [0.25, 0.3) is 0 Å². The van der Waals surface area contributed by atoms with Crippen LogP contribution in [0.5, 0.6) is 11.5 Å². The molecule has 2 aromatic rings. The van der Waals surface area contributed by atoms with Gasteiger partial charge in [-0.05, 0) is 43.5 Å². The van der Waals surface area contributed by atoms with E-state index in [2.05, 4.69) is 10.6 Å². The number of methoxy groups -OCH3 is 2. The summed E-state index contributed by atoms with van der Waals surface area (Å²) in [6, 6.07) is 12.3. The predicted octanol–water partition coefficient (Wildman–Crippen LogP) is 2.14. The van der Waals surface area contributed by atoms with Gasteiger partial charge in [-0.1, -0.05) is 35.9 Å². The van der Waals surface area contributed by atoms with Crippen LogP contribution in [0.4, 0.5) is 4.79 Å². The van der Waals surface area contributed by atoms with Crippen molar-refractivity contribution < 1.29 is 23.9 Å². The summed E-state index contributed by atoms with van der Waals surface area (Å²) < 4.78 is 10.5. The quantitative estimate of drug-likeness (QED) is 0.632. The van der Waals surface area contributed by atoms with E-state index in [9.17, 15) is 14.4 Å². The smallest absolute Gasteiger partial charge is 0.325 e. The third kappa shape index (κ3) is 4.63. The van der Waals surface area contributed by atoms with Crippen molar-refractivity contribution >= 4 is 17.8 Å². The molecule has 1 saturated heterocycles. The number of urea groups is 1. The molecule has 8 nitrogen and oxygen atoms in total. The summed E-state index contributed by atoms with van der Waals surface area (Å²) in [7, 11) is 3.13. The van der Waals surface area contributed by atoms with Gasteiger partial charge in [0.2, 0.25) is 5.91 Å². The number of carbonyl (C=O) groups is 3. The molecule has 2 aromatic carbocycles. The largest absolute Gasteiger partial charge is 0.493 e. The molecule has 0 aliphatic carbocycles. The number of nitrogens with zero attached hydrogens (tertiary/aromatic N) is 1. The number of hydrogen-bond donors (Lipinski definition) is 2. The average molecular weight is 425 g/mol. The number of nitrogens with one attached hydrogen (secondary N) is 2. The number of imide groups is 1. The maximum atomic E-state index is 12.9. The summed E-state index contributed by atoms with van der Waals surface area (Å²) in [6.07, 6.45) is 0.563. The summed E-state index contributed by atoms with van der Waals surface area (Å²) in [6.45, 7) is 3.61. The minimum absolute atomic E-state index is 0.335. The molecule has 8 heteroatoms. The minimum atomic E-state index is -1.19. The van der Waals surface area contributed by atoms with Crippen molar-refractivity contribution in [2.24, 2.45) is 0 Å². The molecule has 1 fully saturated rings. The zero-order chi connectivity index (χ0) is 22.6. The summed E-state index contributed by atoms with van der Waals surface area (Å²) in [5, 5.41) is 5.46. The van der Waals surface area contributed by atoms with E-state index in [0.717, 1.165) is 16.0 Å². The van der Waals surface area contributed by atoms with Crippen LogP contribution in [-0.2, 0) is 21.5 Å². The molecule has 31 heavy (non-hydrogen) atoms. The van der Waals surface area contributed by atoms with Crippen molar-refractivity contribution in [3.05, 3.63) is 59.2 Å². The van der Waals surface area contributed by atoms with Crippen molar-refractivity contribution in [2.45, 2.75) is 25.8 Å². The number of ether oxygens (including phenoxy) is 2. The Morgan fingerprint density at radius 2 is 1.74 bits per heavy atom. The second-order valence-corrected chi connectivity index (χ2v) is 7.60. The van der Waals surface area contributed by atoms with Crippen molar-refractivity contribution in [1.29, 1.82) is 0 Å². The van der Waals surface area contributed by atoms with E-state index in [0.29, 0.717) is 30.0 Å². The van der Waals surface area contributed by atoms with Crippen LogP contribution in [0.3, 0.4) is 0 Å². The Labute approximate surface area is 181 Å². The number of hydrogen-bond acceptors (Lipinski definition) is 5. The van der Waals surface area contributed by atoms with Gasteiger partial charge in [-0.25, -0.2) is 4.79 Å². The predicted molar refractivity (Wildman–Crippen MR) is 115 cm³/mol. The number of amides is 4. The van der Waals surface area contributed by atoms with Gasteiger partial charge in [-0.2, -0.15) is 0 Å². The first kappa shape index (κ1) is 22.1. The number of rotatable bonds is 8. The number of aryl methyl sites for hydroxylation is 1. The third-order valence-electron chi connectivity index (χ3n) is 5.39. The first-order valence-corrected chi connectivity index (χ1v) is 9.97. The fourth-order valence-corrected chi connectivity index (χ4v) is 3.51. The molecule has 0 unspecified atom stereocenters. The Kier molecular flexibility index (Phi) is 6.48. The van der Waals surface area contributed by atoms with Gasteiger partial charge < -0.3 is 20.1 Å². The molecular weight excluding hydrogens is 398 g/mol. The zero-order valence-electron chi connectivity index (χ0n) is 18.2. The molecule has 1 heterocycles. The van der Waals surface area contributed by atoms with E-state index >= 15 is 0 Å². The molecule has 0 spiro atoms. The second-order valence-electron chi connectivity index (χ2n) is 7.60. The molecule has 0 radical (unpaired) electrons. The van der Waals surface area contributed by atoms with Crippen LogP contribution in [0, 0.1) is 6.92 Å². The molecule has 0 bridgehead atoms. The van der Waals surface area contributed by atoms with Crippen molar-refractivity contribution in [3.8, 4) is 11.5 Å². The molecule has 0 aromatic heterocycles. The van der Waals surface area contributed by atoms with Crippen LogP contribution < -0.4 is 20.1 Å². The van der Waals surface area contributed by atoms with Gasteiger partial charge in [-0.3, -0.25) is 14.5 Å². The minimum Gasteiger partial charge on any atom is -0.493 e. The summed E-state index contributed by atoms with van der Waals surface area (Å²) in [4.78, 5) is 38.6. The fourth-order valence-electron chi connectivity index (χ4n) is 3.51. The van der Waals surface area contributed by atoms with Crippen molar-refractivity contribution in [1.82, 2.24) is 15.5 Å². The van der Waals surface area contributed by atoms with Crippen LogP contribution >= 0.6 is 0 Å². The topological polar surface area (TPSA) is 97.0 Å². The van der Waals surface area contributed by atoms with E-state index in [-0.39, 0.29) is 6.54 Å². The molecule has 1 aliphatic heterocycles. The van der Waals surface area contributed by atoms with Crippen molar-refractivity contribution in [2.75, 3.05) is 27.3 Å². The Bertz CT molecular complexity index is 989. The van der Waals surface area contributed by atoms with Gasteiger partial charge in [-0.15, -0.1) is 0 Å². The molecule has 4 amide bonds. The molecule has 1 atom stereocenters. The van der Waals surface area contributed by atoms with E-state index in [4.69, 9.17) is 9.47 Å². The SMILES string of the molecule is COc1ccc(CCNC(=O)CN2C(=O)N[C@](C)(c3ccc(C)cc3)C2=O)cc1OC. The Balaban J connectivity index is 1.57. The molecule has 3 rings (SSSR count). The molecule has 0 saturated carbocycles. The summed E-state index contributed by atoms with van der Waals surface area (Å²) >= 11 is 0. The molecule has 1 aliphatic rings. The lowest BCUT2D eigenvalue weighted by Gasteiger charge is -2.22. The third-order valence-corrected chi connectivity index (χ3v) is 5.39. The average Bonchev–Trinajstić information content (AvgIpc) is 2.97. The van der Waals surface area contributed by atoms with Gasteiger partial charge in [0, 0.05) is 6.54 Å². The highest BCUT2D eigenvalue weighted by molar-refractivity contribution is 6.09. The first-order valence-electron chi connectivity index (χ1n) is 9.97. The zero-order valence-corrected chi connectivity index (χ0v) is 18.2. The van der Waals surface area contributed by atoms with Gasteiger partial charge in [0.1, 0.15) is 12.1 Å². The highest BCUT2D eigenvalue weighted by atomic mass is 16.5. The lowest BCUT2D eigenvalue weighted by molar-refractivity contribution is -0.134. The lowest BCUT2D eigenvalue weighted by Crippen LogP contribution is -2.43. The maximum absolute atomic E-state index is 12.9. The fraction of sp³-hybridized carbons (Fsp3) is 0.348. The first-order chi connectivity index (χ1) is 14.8. The highest BCUT2D eigenvalue weighted by Gasteiger charge is 2.49. The summed E-state index contributed by atoms with van der Waals surface area (Å²) in [5.41, 5.74) is 1.49. The number of carbonyl (C=O) groups excluding carboxylic acids is 3. The monoisotopic (exact) mass is 425 g/mol. The normalized spacial score (nSPS) is 18.0. The summed E-state index contributed by atoms with van der Waals surface area (Å²) in [5.74, 6) is 0.389. The van der Waals surface area contributed by atoms with Gasteiger partial charge in [0.05, 0.1) is 14.2 Å². The van der Waals surface area contributed by atoms with Gasteiger partial charge in [0.15, 0.2) is 11.5 Å². The Hall–Kier alpha value is -3.55. The maximum Gasteiger partial charge on any atom is 0.325 e. The van der Waals surface area contributed by atoms with E-state index in [1.165, 1.54) is 0 Å². The van der Waals surface area contributed by atoms with E-state index in [1.807, 2.05) is 31.2 Å². The van der Waals surface area contributed by atoms with Crippen LogP contribution in [0.15, 0.2) is 42.5 Å². The van der Waals surface area contributed by atoms with Crippen LogP contribution in [-0.4, -0.2) is 50.1 Å². The Morgan fingerprint density at radius 3 is 2.39 bits per heavy atom. The lowest BCUT2D eigenvalue weighted by atomic mass is 9.91. The van der Waals surface area contributed by atoms with Gasteiger partial charge in [0.25, 0.3) is 5.91 Å². The molecular formula is C23H27N3O5. The molecule has 164 valence electrons. The number of benzene rings is 2. The van der Waals surface area contributed by atoms with E-state index in [1.54, 1.807) is 39.3 Å². The standard InChI is InChI=1S/C23H27N3O5/c1-15-5-8-17(9-6-15)23(2)21(28)26(22(29)25-23)14-20(27)24-12-11-16-7-10-18(30-3)19(13-16)31-4/h5-10,13H,11-12,14H2,1-4H3,(H,24,27)(H,25,29)/t23-/m1/s1. The molecule has 2 N–H and O–H groups in total.